The van der Waals surface area contributed by atoms with Crippen molar-refractivity contribution < 1.29 is 27.9 Å². The van der Waals surface area contributed by atoms with Gasteiger partial charge in [0.2, 0.25) is 5.89 Å². The molecule has 0 N–H and O–H groups in total. The van der Waals surface area contributed by atoms with Crippen LogP contribution in [-0.4, -0.2) is 28.6 Å². The fourth-order valence-electron chi connectivity index (χ4n) is 2.32. The van der Waals surface area contributed by atoms with Gasteiger partial charge in [-0.05, 0) is 62.4 Å². The van der Waals surface area contributed by atoms with E-state index in [-0.39, 0.29) is 30.0 Å². The summed E-state index contributed by atoms with van der Waals surface area (Å²) in [6.45, 7) is 2.73. The molecule has 0 bridgehead atoms. The lowest BCUT2D eigenvalue weighted by molar-refractivity contribution is -0.152. The molecule has 1 heterocycles. The summed E-state index contributed by atoms with van der Waals surface area (Å²) in [5, 5.41) is 7.72. The first kappa shape index (κ1) is 19.2. The molecule has 3 aromatic rings. The van der Waals surface area contributed by atoms with E-state index in [0.29, 0.717) is 16.9 Å². The molecule has 2 aromatic carbocycles. The summed E-state index contributed by atoms with van der Waals surface area (Å²) < 4.78 is 29.0. The second-order valence-electron chi connectivity index (χ2n) is 5.95. The van der Waals surface area contributed by atoms with E-state index < -0.39 is 12.1 Å². The van der Waals surface area contributed by atoms with E-state index in [9.17, 15) is 14.0 Å². The average molecular weight is 384 g/mol. The van der Waals surface area contributed by atoms with Crippen LogP contribution in [0.15, 0.2) is 52.9 Å². The van der Waals surface area contributed by atoms with Crippen LogP contribution in [-0.2, 0) is 9.53 Å². The third kappa shape index (κ3) is 4.79. The Labute approximate surface area is 160 Å². The molecule has 0 aliphatic heterocycles. The summed E-state index contributed by atoms with van der Waals surface area (Å²) in [4.78, 5) is 23.2. The van der Waals surface area contributed by atoms with Crippen molar-refractivity contribution in [2.45, 2.75) is 20.0 Å². The summed E-state index contributed by atoms with van der Waals surface area (Å²) in [6.07, 6.45) is -0.780. The molecule has 144 valence electrons. The summed E-state index contributed by atoms with van der Waals surface area (Å²) >= 11 is 0. The van der Waals surface area contributed by atoms with Gasteiger partial charge in [0, 0.05) is 11.1 Å². The Morgan fingerprint density at radius 3 is 2.39 bits per heavy atom. The molecule has 0 unspecified atom stereocenters. The van der Waals surface area contributed by atoms with Crippen LogP contribution in [0.25, 0.3) is 11.5 Å². The van der Waals surface area contributed by atoms with E-state index in [1.807, 2.05) is 0 Å². The normalized spacial score (nSPS) is 11.7. The zero-order valence-electron chi connectivity index (χ0n) is 15.2. The molecule has 0 saturated carbocycles. The molecular formula is C20H17FN2O5. The third-order valence-corrected chi connectivity index (χ3v) is 3.81. The van der Waals surface area contributed by atoms with Gasteiger partial charge in [0.1, 0.15) is 11.6 Å². The number of rotatable bonds is 7. The van der Waals surface area contributed by atoms with Crippen LogP contribution in [0.5, 0.6) is 5.75 Å². The van der Waals surface area contributed by atoms with Crippen LogP contribution in [0, 0.1) is 5.82 Å². The zero-order valence-corrected chi connectivity index (χ0v) is 15.2. The standard InChI is InChI=1S/C20H17FN2O5/c1-12(24)14-5-9-17(10-6-14)26-11-18(25)27-13(2)19-22-23-20(28-19)15-3-7-16(21)8-4-15/h3-10,13H,11H2,1-2H3/t13-/m0/s1. The van der Waals surface area contributed by atoms with Crippen molar-refractivity contribution in [2.24, 2.45) is 0 Å². The van der Waals surface area contributed by atoms with Gasteiger partial charge in [-0.15, -0.1) is 10.2 Å². The monoisotopic (exact) mass is 384 g/mol. The molecule has 0 spiro atoms. The smallest absolute Gasteiger partial charge is 0.344 e. The maximum Gasteiger partial charge on any atom is 0.344 e. The topological polar surface area (TPSA) is 91.5 Å². The lowest BCUT2D eigenvalue weighted by atomic mass is 10.1. The molecule has 0 radical (unpaired) electrons. The summed E-state index contributed by atoms with van der Waals surface area (Å²) in [5.74, 6) is -0.310. The number of carbonyl (C=O) groups excluding carboxylic acids is 2. The fraction of sp³-hybridized carbons (Fsp3) is 0.200. The summed E-state index contributed by atoms with van der Waals surface area (Å²) in [7, 11) is 0. The first-order valence-corrected chi connectivity index (χ1v) is 8.45. The van der Waals surface area contributed by atoms with Crippen LogP contribution in [0.4, 0.5) is 4.39 Å². The van der Waals surface area contributed by atoms with Crippen LogP contribution < -0.4 is 4.74 Å². The molecule has 0 aliphatic rings. The number of ketones is 1. The van der Waals surface area contributed by atoms with Crippen LogP contribution in [0.2, 0.25) is 0 Å². The molecule has 8 heteroatoms. The van der Waals surface area contributed by atoms with Gasteiger partial charge >= 0.3 is 5.97 Å². The highest BCUT2D eigenvalue weighted by Gasteiger charge is 2.19. The van der Waals surface area contributed by atoms with E-state index in [2.05, 4.69) is 10.2 Å². The minimum atomic E-state index is -0.780. The number of benzene rings is 2. The maximum atomic E-state index is 13.0. The predicted molar refractivity (Wildman–Crippen MR) is 96.1 cm³/mol. The first-order chi connectivity index (χ1) is 13.4. The number of carbonyl (C=O) groups is 2. The molecule has 0 fully saturated rings. The molecule has 1 atom stereocenters. The minimum Gasteiger partial charge on any atom is -0.482 e. The second-order valence-corrected chi connectivity index (χ2v) is 5.95. The van der Waals surface area contributed by atoms with E-state index >= 15 is 0 Å². The molecule has 28 heavy (non-hydrogen) atoms. The Kier molecular flexibility index (Phi) is 5.78. The van der Waals surface area contributed by atoms with Gasteiger partial charge in [-0.1, -0.05) is 0 Å². The average Bonchev–Trinajstić information content (AvgIpc) is 3.17. The highest BCUT2D eigenvalue weighted by molar-refractivity contribution is 5.94. The molecule has 0 saturated heterocycles. The Morgan fingerprint density at radius 1 is 1.07 bits per heavy atom. The number of aromatic nitrogens is 2. The van der Waals surface area contributed by atoms with Gasteiger partial charge in [0.15, 0.2) is 18.5 Å². The van der Waals surface area contributed by atoms with Gasteiger partial charge in [-0.25, -0.2) is 9.18 Å². The van der Waals surface area contributed by atoms with Crippen LogP contribution >= 0.6 is 0 Å². The van der Waals surface area contributed by atoms with Crippen LogP contribution in [0.3, 0.4) is 0 Å². The lowest BCUT2D eigenvalue weighted by Gasteiger charge is -2.10. The quantitative estimate of drug-likeness (QED) is 0.452. The highest BCUT2D eigenvalue weighted by Crippen LogP contribution is 2.22. The SMILES string of the molecule is CC(=O)c1ccc(OCC(=O)O[C@@H](C)c2nnc(-c3ccc(F)cc3)o2)cc1. The van der Waals surface area contributed by atoms with Gasteiger partial charge < -0.3 is 13.9 Å². The number of Topliss-reactive ketones (excluding diaryl/α,β-unsaturated/α-hetero) is 1. The van der Waals surface area contributed by atoms with E-state index in [0.717, 1.165) is 0 Å². The number of halogens is 1. The number of esters is 1. The van der Waals surface area contributed by atoms with Crippen molar-refractivity contribution in [2.75, 3.05) is 6.61 Å². The van der Waals surface area contributed by atoms with Crippen molar-refractivity contribution in [1.29, 1.82) is 0 Å². The van der Waals surface area contributed by atoms with Gasteiger partial charge in [0.05, 0.1) is 0 Å². The molecule has 0 amide bonds. The third-order valence-electron chi connectivity index (χ3n) is 3.81. The van der Waals surface area contributed by atoms with E-state index in [1.54, 1.807) is 31.2 Å². The zero-order chi connectivity index (χ0) is 20.1. The Hall–Kier alpha value is -3.55. The maximum absolute atomic E-state index is 13.0. The Bertz CT molecular complexity index is 967. The van der Waals surface area contributed by atoms with Crippen LogP contribution in [0.1, 0.15) is 36.2 Å². The van der Waals surface area contributed by atoms with Crippen molar-refractivity contribution in [1.82, 2.24) is 10.2 Å². The van der Waals surface area contributed by atoms with Crippen molar-refractivity contribution >= 4 is 11.8 Å². The lowest BCUT2D eigenvalue weighted by Crippen LogP contribution is -2.17. The molecule has 3 rings (SSSR count). The summed E-state index contributed by atoms with van der Waals surface area (Å²) in [6, 6.07) is 12.0. The van der Waals surface area contributed by atoms with Crippen molar-refractivity contribution in [3.63, 3.8) is 0 Å². The molecule has 0 aliphatic carbocycles. The largest absolute Gasteiger partial charge is 0.482 e. The fourth-order valence-corrected chi connectivity index (χ4v) is 2.32. The van der Waals surface area contributed by atoms with Gasteiger partial charge in [-0.2, -0.15) is 0 Å². The number of nitrogens with zero attached hydrogens (tertiary/aromatic N) is 2. The number of hydrogen-bond donors (Lipinski definition) is 0. The van der Waals surface area contributed by atoms with E-state index in [4.69, 9.17) is 13.9 Å². The first-order valence-electron chi connectivity index (χ1n) is 8.45. The minimum absolute atomic E-state index is 0.0562. The Morgan fingerprint density at radius 2 is 1.75 bits per heavy atom. The Balaban J connectivity index is 1.54. The van der Waals surface area contributed by atoms with Gasteiger partial charge in [0.25, 0.3) is 5.89 Å². The van der Waals surface area contributed by atoms with Gasteiger partial charge in [-0.3, -0.25) is 4.79 Å². The van der Waals surface area contributed by atoms with E-state index in [1.165, 1.54) is 31.2 Å². The highest BCUT2D eigenvalue weighted by atomic mass is 19.1. The number of hydrogen-bond acceptors (Lipinski definition) is 7. The predicted octanol–water partition coefficient (Wildman–Crippen LogP) is 3.76. The summed E-state index contributed by atoms with van der Waals surface area (Å²) in [5.41, 5.74) is 1.10. The number of ether oxygens (including phenoxy) is 2. The van der Waals surface area contributed by atoms with Crippen molar-refractivity contribution in [3.8, 4) is 17.2 Å². The molecular weight excluding hydrogens is 367 g/mol. The van der Waals surface area contributed by atoms with Crippen molar-refractivity contribution in [3.05, 3.63) is 65.8 Å². The second kappa shape index (κ2) is 8.43. The molecule has 1 aromatic heterocycles. The molecule has 7 nitrogen and oxygen atoms in total.